The van der Waals surface area contributed by atoms with E-state index in [-0.39, 0.29) is 5.75 Å². The maximum atomic E-state index is 13.4. The van der Waals surface area contributed by atoms with Gasteiger partial charge < -0.3 is 19.9 Å². The van der Waals surface area contributed by atoms with Crippen LogP contribution in [0.15, 0.2) is 6.07 Å². The third-order valence-corrected chi connectivity index (χ3v) is 2.48. The van der Waals surface area contributed by atoms with E-state index >= 15 is 0 Å². The monoisotopic (exact) mass is 227 g/mol. The smallest absolute Gasteiger partial charge is 0.169 e. The first kappa shape index (κ1) is 11.0. The van der Waals surface area contributed by atoms with Crippen molar-refractivity contribution in [3.05, 3.63) is 17.4 Å². The highest BCUT2D eigenvalue weighted by Crippen LogP contribution is 2.40. The molecule has 16 heavy (non-hydrogen) atoms. The molecule has 0 aromatic heterocycles. The van der Waals surface area contributed by atoms with Gasteiger partial charge in [-0.2, -0.15) is 0 Å². The average Bonchev–Trinajstić information content (AvgIpc) is 2.30. The van der Waals surface area contributed by atoms with E-state index < -0.39 is 5.82 Å². The molecule has 0 unspecified atom stereocenters. The lowest BCUT2D eigenvalue weighted by molar-refractivity contribution is 0.167. The van der Waals surface area contributed by atoms with Gasteiger partial charge >= 0.3 is 0 Å². The first-order valence-electron chi connectivity index (χ1n) is 5.18. The minimum atomic E-state index is -0.671. The Morgan fingerprint density at radius 2 is 2.19 bits per heavy atom. The van der Waals surface area contributed by atoms with Crippen LogP contribution >= 0.6 is 0 Å². The largest absolute Gasteiger partial charge is 0.505 e. The fourth-order valence-corrected chi connectivity index (χ4v) is 1.69. The second kappa shape index (κ2) is 4.57. The van der Waals surface area contributed by atoms with E-state index in [4.69, 9.17) is 9.47 Å². The average molecular weight is 227 g/mol. The molecule has 1 heterocycles. The summed E-state index contributed by atoms with van der Waals surface area (Å²) < 4.78 is 24.1. The van der Waals surface area contributed by atoms with E-state index in [9.17, 15) is 9.50 Å². The lowest BCUT2D eigenvalue weighted by Crippen LogP contribution is -2.18. The first-order chi connectivity index (χ1) is 7.74. The van der Waals surface area contributed by atoms with Crippen LogP contribution in [0.5, 0.6) is 17.2 Å². The number of phenols is 1. The van der Waals surface area contributed by atoms with E-state index in [1.807, 2.05) is 0 Å². The number of rotatable bonds is 3. The number of phenolic OH excluding ortho intramolecular Hbond substituents is 1. The molecule has 4 nitrogen and oxygen atoms in total. The van der Waals surface area contributed by atoms with Crippen molar-refractivity contribution in [3.8, 4) is 17.2 Å². The highest BCUT2D eigenvalue weighted by molar-refractivity contribution is 5.54. The van der Waals surface area contributed by atoms with Crippen LogP contribution in [-0.2, 0) is 6.42 Å². The third kappa shape index (κ3) is 1.90. The molecule has 2 N–H and O–H groups in total. The highest BCUT2D eigenvalue weighted by Gasteiger charge is 2.22. The van der Waals surface area contributed by atoms with E-state index in [1.54, 1.807) is 7.05 Å². The van der Waals surface area contributed by atoms with Crippen LogP contribution in [0.3, 0.4) is 0 Å². The van der Waals surface area contributed by atoms with Gasteiger partial charge in [-0.3, -0.25) is 0 Å². The zero-order valence-electron chi connectivity index (χ0n) is 9.05. The minimum Gasteiger partial charge on any atom is -0.505 e. The molecule has 0 fully saturated rings. The SMILES string of the molecule is CNCCc1c(O)c(F)cc2c1OCCO2. The van der Waals surface area contributed by atoms with Crippen LogP contribution < -0.4 is 14.8 Å². The van der Waals surface area contributed by atoms with Crippen molar-refractivity contribution in [2.45, 2.75) is 6.42 Å². The van der Waals surface area contributed by atoms with Gasteiger partial charge in [0.15, 0.2) is 23.1 Å². The van der Waals surface area contributed by atoms with Crippen LogP contribution in [0, 0.1) is 5.82 Å². The Balaban J connectivity index is 2.41. The number of benzene rings is 1. The molecule has 88 valence electrons. The van der Waals surface area contributed by atoms with E-state index in [0.717, 1.165) is 6.07 Å². The summed E-state index contributed by atoms with van der Waals surface area (Å²) in [5.41, 5.74) is 0.462. The molecule has 0 saturated heterocycles. The van der Waals surface area contributed by atoms with Gasteiger partial charge in [-0.1, -0.05) is 0 Å². The van der Waals surface area contributed by atoms with Gasteiger partial charge in [-0.05, 0) is 20.0 Å². The van der Waals surface area contributed by atoms with E-state index in [2.05, 4.69) is 5.32 Å². The zero-order valence-corrected chi connectivity index (χ0v) is 9.05. The number of aromatic hydroxyl groups is 1. The molecule has 1 aromatic carbocycles. The highest BCUT2D eigenvalue weighted by atomic mass is 19.1. The van der Waals surface area contributed by atoms with Crippen molar-refractivity contribution in [1.29, 1.82) is 0 Å². The first-order valence-corrected chi connectivity index (χ1v) is 5.18. The summed E-state index contributed by atoms with van der Waals surface area (Å²) in [6, 6.07) is 1.16. The molecule has 5 heteroatoms. The summed E-state index contributed by atoms with van der Waals surface area (Å²) >= 11 is 0. The van der Waals surface area contributed by atoms with Gasteiger partial charge in [0.05, 0.1) is 0 Å². The molecule has 1 aliphatic rings. The molecule has 1 aliphatic heterocycles. The van der Waals surface area contributed by atoms with Crippen molar-refractivity contribution in [2.24, 2.45) is 0 Å². The maximum absolute atomic E-state index is 13.4. The van der Waals surface area contributed by atoms with Gasteiger partial charge in [0, 0.05) is 11.6 Å². The lowest BCUT2D eigenvalue weighted by Gasteiger charge is -2.22. The Labute approximate surface area is 93.0 Å². The van der Waals surface area contributed by atoms with Crippen LogP contribution in [0.25, 0.3) is 0 Å². The fourth-order valence-electron chi connectivity index (χ4n) is 1.69. The van der Waals surface area contributed by atoms with Gasteiger partial charge in [0.25, 0.3) is 0 Å². The molecule has 0 amide bonds. The standard InChI is InChI=1S/C11H14FNO3/c1-13-3-2-7-10(14)8(12)6-9-11(7)16-5-4-15-9/h6,13-14H,2-5H2,1H3. The summed E-state index contributed by atoms with van der Waals surface area (Å²) in [4.78, 5) is 0. The van der Waals surface area contributed by atoms with Crippen molar-refractivity contribution < 1.29 is 19.0 Å². The number of ether oxygens (including phenoxy) is 2. The van der Waals surface area contributed by atoms with Crippen molar-refractivity contribution in [2.75, 3.05) is 26.8 Å². The summed E-state index contributed by atoms with van der Waals surface area (Å²) in [5.74, 6) is -0.192. The molecule has 0 spiro atoms. The second-order valence-electron chi connectivity index (χ2n) is 3.56. The summed E-state index contributed by atoms with van der Waals surface area (Å²) in [6.45, 7) is 1.46. The molecule has 1 aromatic rings. The molecule has 2 rings (SSSR count). The Kier molecular flexibility index (Phi) is 3.14. The Morgan fingerprint density at radius 3 is 2.94 bits per heavy atom. The number of halogens is 1. The Morgan fingerprint density at radius 1 is 1.44 bits per heavy atom. The van der Waals surface area contributed by atoms with Crippen molar-refractivity contribution in [1.82, 2.24) is 5.32 Å². The number of fused-ring (bicyclic) bond motifs is 1. The molecular formula is C11H14FNO3. The predicted octanol–water partition coefficient (Wildman–Crippen LogP) is 1.06. The Bertz CT molecular complexity index is 395. The van der Waals surface area contributed by atoms with Gasteiger partial charge in [-0.25, -0.2) is 4.39 Å². The quantitative estimate of drug-likeness (QED) is 0.810. The minimum absolute atomic E-state index is 0.348. The number of likely N-dealkylation sites (N-methyl/N-ethyl adjacent to an activating group) is 1. The zero-order chi connectivity index (χ0) is 11.5. The van der Waals surface area contributed by atoms with Gasteiger partial charge in [0.2, 0.25) is 0 Å². The van der Waals surface area contributed by atoms with Crippen molar-refractivity contribution in [3.63, 3.8) is 0 Å². The lowest BCUT2D eigenvalue weighted by atomic mass is 10.1. The van der Waals surface area contributed by atoms with Gasteiger partial charge in [-0.15, -0.1) is 0 Å². The normalized spacial score (nSPS) is 13.9. The van der Waals surface area contributed by atoms with Crippen LogP contribution in [0.2, 0.25) is 0 Å². The predicted molar refractivity (Wildman–Crippen MR) is 56.7 cm³/mol. The van der Waals surface area contributed by atoms with Crippen molar-refractivity contribution >= 4 is 0 Å². The molecule has 0 radical (unpaired) electrons. The summed E-state index contributed by atoms with van der Waals surface area (Å²) in [7, 11) is 1.79. The molecule has 0 aliphatic carbocycles. The molecule has 0 bridgehead atoms. The van der Waals surface area contributed by atoms with Gasteiger partial charge in [0.1, 0.15) is 13.2 Å². The molecular weight excluding hydrogens is 213 g/mol. The van der Waals surface area contributed by atoms with Crippen LogP contribution in [-0.4, -0.2) is 31.9 Å². The second-order valence-corrected chi connectivity index (χ2v) is 3.56. The summed E-state index contributed by atoms with van der Waals surface area (Å²) in [5, 5.41) is 12.6. The maximum Gasteiger partial charge on any atom is 0.169 e. The fraction of sp³-hybridized carbons (Fsp3) is 0.455. The van der Waals surface area contributed by atoms with Crippen LogP contribution in [0.1, 0.15) is 5.56 Å². The van der Waals surface area contributed by atoms with Crippen LogP contribution in [0.4, 0.5) is 4.39 Å². The number of hydrogen-bond donors (Lipinski definition) is 2. The Hall–Kier alpha value is -1.49. The number of nitrogens with one attached hydrogen (secondary N) is 1. The topological polar surface area (TPSA) is 50.7 Å². The summed E-state index contributed by atoms with van der Waals surface area (Å²) in [6.07, 6.45) is 0.492. The molecule has 0 atom stereocenters. The van der Waals surface area contributed by atoms with E-state index in [1.165, 1.54) is 0 Å². The molecule has 0 saturated carbocycles. The van der Waals surface area contributed by atoms with E-state index in [0.29, 0.717) is 43.2 Å². The third-order valence-electron chi connectivity index (χ3n) is 2.48. The number of hydrogen-bond acceptors (Lipinski definition) is 4.